The van der Waals surface area contributed by atoms with Gasteiger partial charge >= 0.3 is 0 Å². The summed E-state index contributed by atoms with van der Waals surface area (Å²) in [5.74, 6) is -0.295. The predicted molar refractivity (Wildman–Crippen MR) is 72.2 cm³/mol. The van der Waals surface area contributed by atoms with Crippen LogP contribution in [0.25, 0.3) is 0 Å². The average molecular weight is 325 g/mol. The lowest BCUT2D eigenvalue weighted by molar-refractivity contribution is 0.285. The number of aliphatic hydroxyl groups is 1. The molecule has 1 unspecified atom stereocenters. The van der Waals surface area contributed by atoms with Gasteiger partial charge < -0.3 is 5.11 Å². The van der Waals surface area contributed by atoms with Crippen molar-refractivity contribution in [2.45, 2.75) is 24.5 Å². The van der Waals surface area contributed by atoms with Crippen molar-refractivity contribution in [3.8, 4) is 0 Å². The normalized spacial score (nSPS) is 24.4. The van der Waals surface area contributed by atoms with Crippen LogP contribution in [0.4, 0.5) is 0 Å². The van der Waals surface area contributed by atoms with Gasteiger partial charge in [0, 0.05) is 22.8 Å². The number of hydrogen-bond acceptors (Lipinski definition) is 6. The van der Waals surface area contributed by atoms with E-state index in [0.717, 1.165) is 0 Å². The van der Waals surface area contributed by atoms with Gasteiger partial charge in [-0.3, -0.25) is 0 Å². The van der Waals surface area contributed by atoms with Crippen molar-refractivity contribution in [1.29, 1.82) is 0 Å². The van der Waals surface area contributed by atoms with Crippen molar-refractivity contribution < 1.29 is 21.9 Å². The van der Waals surface area contributed by atoms with Gasteiger partial charge in [0.2, 0.25) is 10.0 Å². The molecule has 0 spiro atoms. The van der Waals surface area contributed by atoms with Gasteiger partial charge in [0.25, 0.3) is 0 Å². The van der Waals surface area contributed by atoms with E-state index in [0.29, 0.717) is 4.88 Å². The van der Waals surface area contributed by atoms with Crippen molar-refractivity contribution in [2.75, 3.05) is 18.1 Å². The Balaban J connectivity index is 2.30. The first-order valence-electron chi connectivity index (χ1n) is 5.67. The lowest BCUT2D eigenvalue weighted by Crippen LogP contribution is -2.49. The fourth-order valence-corrected chi connectivity index (χ4v) is 6.57. The van der Waals surface area contributed by atoms with Crippen LogP contribution >= 0.6 is 11.3 Å². The zero-order valence-corrected chi connectivity index (χ0v) is 12.8. The fraction of sp³-hybridized carbons (Fsp3) is 0.600. The quantitative estimate of drug-likeness (QED) is 0.848. The highest BCUT2D eigenvalue weighted by molar-refractivity contribution is 7.92. The smallest absolute Gasteiger partial charge is 0.244 e. The minimum atomic E-state index is -3.68. The maximum absolute atomic E-state index is 12.4. The third kappa shape index (κ3) is 3.00. The number of sulfone groups is 1. The summed E-state index contributed by atoms with van der Waals surface area (Å²) < 4.78 is 48.9. The molecule has 6 nitrogen and oxygen atoms in total. The fourth-order valence-electron chi connectivity index (χ4n) is 2.05. The Morgan fingerprint density at radius 2 is 2.21 bits per heavy atom. The van der Waals surface area contributed by atoms with Crippen LogP contribution in [0.5, 0.6) is 0 Å². The van der Waals surface area contributed by atoms with Gasteiger partial charge in [0.1, 0.15) is 0 Å². The molecule has 1 aromatic rings. The van der Waals surface area contributed by atoms with Crippen LogP contribution < -0.4 is 0 Å². The van der Waals surface area contributed by atoms with Crippen LogP contribution in [0.2, 0.25) is 0 Å². The molecular formula is C10H15NO5S3. The summed E-state index contributed by atoms with van der Waals surface area (Å²) in [5, 5.41) is 10.4. The Morgan fingerprint density at radius 1 is 1.53 bits per heavy atom. The van der Waals surface area contributed by atoms with Crippen LogP contribution in [-0.2, 0) is 26.5 Å². The Kier molecular flexibility index (Phi) is 4.03. The zero-order valence-electron chi connectivity index (χ0n) is 10.3. The molecule has 1 fully saturated rings. The number of nitrogens with zero attached hydrogens (tertiary/aromatic N) is 1. The summed E-state index contributed by atoms with van der Waals surface area (Å²) in [5.41, 5.74) is 0. The Morgan fingerprint density at radius 3 is 2.74 bits per heavy atom. The second-order valence-corrected chi connectivity index (χ2v) is 9.60. The molecule has 1 atom stereocenters. The summed E-state index contributed by atoms with van der Waals surface area (Å²) in [6.45, 7) is 1.37. The highest BCUT2D eigenvalue weighted by atomic mass is 32.2. The third-order valence-corrected chi connectivity index (χ3v) is 7.86. The molecular weight excluding hydrogens is 310 g/mol. The van der Waals surface area contributed by atoms with Gasteiger partial charge in [-0.25, -0.2) is 16.8 Å². The molecule has 0 saturated carbocycles. The third-order valence-electron chi connectivity index (χ3n) is 3.00. The molecule has 1 aromatic heterocycles. The van der Waals surface area contributed by atoms with E-state index in [1.807, 2.05) is 0 Å². The van der Waals surface area contributed by atoms with Gasteiger partial charge in [-0.2, -0.15) is 4.31 Å². The second kappa shape index (κ2) is 5.13. The molecule has 0 radical (unpaired) electrons. The number of hydrogen-bond donors (Lipinski definition) is 1. The molecule has 1 saturated heterocycles. The van der Waals surface area contributed by atoms with Gasteiger partial charge in [-0.15, -0.1) is 11.3 Å². The van der Waals surface area contributed by atoms with Crippen molar-refractivity contribution in [3.63, 3.8) is 0 Å². The van der Waals surface area contributed by atoms with Crippen LogP contribution in [-0.4, -0.2) is 50.3 Å². The number of thiophene rings is 1. The summed E-state index contributed by atoms with van der Waals surface area (Å²) in [6.07, 6.45) is 0. The minimum absolute atomic E-state index is 0.0177. The molecule has 2 heterocycles. The standard InChI is InChI=1S/C10H15NO5S3/c1-8-7-18(13,14)3-2-11(8)19(15,16)10-4-9(5-12)17-6-10/h4,6,8,12H,2-3,5,7H2,1H3. The molecule has 1 aliphatic heterocycles. The maximum Gasteiger partial charge on any atom is 0.244 e. The SMILES string of the molecule is CC1CS(=O)(=O)CCN1S(=O)(=O)c1csc(CO)c1. The van der Waals surface area contributed by atoms with Gasteiger partial charge in [0.05, 0.1) is 23.0 Å². The van der Waals surface area contributed by atoms with Crippen molar-refractivity contribution >= 4 is 31.2 Å². The lowest BCUT2D eigenvalue weighted by Gasteiger charge is -2.31. The minimum Gasteiger partial charge on any atom is -0.391 e. The van der Waals surface area contributed by atoms with Crippen molar-refractivity contribution in [1.82, 2.24) is 4.31 Å². The van der Waals surface area contributed by atoms with Gasteiger partial charge in [0.15, 0.2) is 9.84 Å². The largest absolute Gasteiger partial charge is 0.391 e. The van der Waals surface area contributed by atoms with E-state index in [2.05, 4.69) is 0 Å². The molecule has 0 aromatic carbocycles. The highest BCUT2D eigenvalue weighted by Gasteiger charge is 2.36. The Bertz CT molecular complexity index is 661. The molecule has 0 amide bonds. The van der Waals surface area contributed by atoms with E-state index >= 15 is 0 Å². The Hall–Kier alpha value is -0.480. The topological polar surface area (TPSA) is 91.8 Å². The van der Waals surface area contributed by atoms with Gasteiger partial charge in [-0.1, -0.05) is 0 Å². The number of sulfonamides is 1. The molecule has 0 bridgehead atoms. The molecule has 1 aliphatic rings. The van der Waals surface area contributed by atoms with E-state index < -0.39 is 25.9 Å². The average Bonchev–Trinajstić information content (AvgIpc) is 2.76. The van der Waals surface area contributed by atoms with Crippen molar-refractivity contribution in [3.05, 3.63) is 16.3 Å². The lowest BCUT2D eigenvalue weighted by atomic mass is 10.4. The Labute approximate surface area is 116 Å². The first kappa shape index (κ1) is 14.9. The second-order valence-electron chi connectivity index (χ2n) is 4.49. The van der Waals surface area contributed by atoms with E-state index in [-0.39, 0.29) is 29.6 Å². The molecule has 19 heavy (non-hydrogen) atoms. The summed E-state index contributed by atoms with van der Waals surface area (Å²) in [6, 6.07) is 0.858. The molecule has 9 heteroatoms. The van der Waals surface area contributed by atoms with E-state index in [9.17, 15) is 16.8 Å². The van der Waals surface area contributed by atoms with Crippen LogP contribution in [0.3, 0.4) is 0 Å². The summed E-state index contributed by atoms with van der Waals surface area (Å²) >= 11 is 1.17. The predicted octanol–water partition coefficient (Wildman–Crippen LogP) is 0.0480. The molecule has 2 rings (SSSR count). The number of rotatable bonds is 3. The maximum atomic E-state index is 12.4. The highest BCUT2D eigenvalue weighted by Crippen LogP contribution is 2.26. The van der Waals surface area contributed by atoms with Crippen LogP contribution in [0, 0.1) is 0 Å². The van der Waals surface area contributed by atoms with Crippen LogP contribution in [0.1, 0.15) is 11.8 Å². The molecule has 1 N–H and O–H groups in total. The monoisotopic (exact) mass is 325 g/mol. The first-order valence-corrected chi connectivity index (χ1v) is 9.81. The summed E-state index contributed by atoms with van der Waals surface area (Å²) in [7, 11) is -6.83. The zero-order chi connectivity index (χ0) is 14.3. The van der Waals surface area contributed by atoms with E-state index in [4.69, 9.17) is 5.11 Å². The van der Waals surface area contributed by atoms with E-state index in [1.54, 1.807) is 6.92 Å². The van der Waals surface area contributed by atoms with Crippen LogP contribution in [0.15, 0.2) is 16.3 Å². The van der Waals surface area contributed by atoms with E-state index in [1.165, 1.54) is 27.1 Å². The molecule has 108 valence electrons. The summed E-state index contributed by atoms with van der Waals surface area (Å²) in [4.78, 5) is 0.684. The number of aliphatic hydroxyl groups excluding tert-OH is 1. The van der Waals surface area contributed by atoms with Gasteiger partial charge in [-0.05, 0) is 13.0 Å². The van der Waals surface area contributed by atoms with Crippen molar-refractivity contribution in [2.24, 2.45) is 0 Å². The molecule has 0 aliphatic carbocycles. The first-order chi connectivity index (χ1) is 8.76.